The van der Waals surface area contributed by atoms with Crippen LogP contribution in [0, 0.1) is 0 Å². The van der Waals surface area contributed by atoms with Gasteiger partial charge in [0.1, 0.15) is 5.69 Å². The highest BCUT2D eigenvalue weighted by atomic mass is 19.3. The smallest absolute Gasteiger partial charge is 0.387 e. The summed E-state index contributed by atoms with van der Waals surface area (Å²) in [6.45, 7) is -0.895. The van der Waals surface area contributed by atoms with Crippen LogP contribution in [0.4, 0.5) is 14.5 Å². The highest BCUT2D eigenvalue weighted by molar-refractivity contribution is 5.83. The number of rotatable bonds is 5. The molecule has 0 saturated carbocycles. The lowest BCUT2D eigenvalue weighted by molar-refractivity contribution is -0.0494. The summed E-state index contributed by atoms with van der Waals surface area (Å²) in [5.74, 6) is 0.448. The van der Waals surface area contributed by atoms with Gasteiger partial charge in [-0.2, -0.15) is 8.78 Å². The van der Waals surface area contributed by atoms with Gasteiger partial charge in [-0.3, -0.25) is 0 Å². The Labute approximate surface area is 92.9 Å². The Bertz CT molecular complexity index is 367. The van der Waals surface area contributed by atoms with Crippen molar-refractivity contribution in [2.45, 2.75) is 26.4 Å². The van der Waals surface area contributed by atoms with Crippen molar-refractivity contribution in [3.05, 3.63) is 24.3 Å². The fourth-order valence-electron chi connectivity index (χ4n) is 1.21. The summed E-state index contributed by atoms with van der Waals surface area (Å²) >= 11 is 0. The van der Waals surface area contributed by atoms with Gasteiger partial charge in [-0.25, -0.2) is 4.99 Å². The third-order valence-electron chi connectivity index (χ3n) is 1.85. The summed E-state index contributed by atoms with van der Waals surface area (Å²) in [6.07, 6.45) is 1.48. The van der Waals surface area contributed by atoms with E-state index in [0.717, 1.165) is 6.42 Å². The molecule has 0 radical (unpaired) electrons. The van der Waals surface area contributed by atoms with Gasteiger partial charge < -0.3 is 10.5 Å². The van der Waals surface area contributed by atoms with Crippen LogP contribution in [0.5, 0.6) is 5.75 Å². The molecule has 3 nitrogen and oxygen atoms in total. The van der Waals surface area contributed by atoms with Crippen LogP contribution >= 0.6 is 0 Å². The summed E-state index contributed by atoms with van der Waals surface area (Å²) in [6, 6.07) is 6.31. The molecule has 0 aliphatic rings. The normalized spacial score (nSPS) is 11.9. The van der Waals surface area contributed by atoms with Gasteiger partial charge in [-0.1, -0.05) is 19.1 Å². The number of amidine groups is 1. The van der Waals surface area contributed by atoms with Gasteiger partial charge in [0.05, 0.1) is 5.84 Å². The zero-order valence-electron chi connectivity index (χ0n) is 8.99. The fraction of sp³-hybridized carbons (Fsp3) is 0.364. The molecule has 0 heterocycles. The fourth-order valence-corrected chi connectivity index (χ4v) is 1.21. The Morgan fingerprint density at radius 3 is 2.75 bits per heavy atom. The van der Waals surface area contributed by atoms with Gasteiger partial charge >= 0.3 is 6.61 Å². The number of hydrogen-bond donors (Lipinski definition) is 1. The van der Waals surface area contributed by atoms with Gasteiger partial charge in [0.15, 0.2) is 5.75 Å². The molecule has 0 saturated heterocycles. The molecule has 0 unspecified atom stereocenters. The average molecular weight is 228 g/mol. The molecule has 88 valence electrons. The topological polar surface area (TPSA) is 47.6 Å². The third kappa shape index (κ3) is 3.84. The van der Waals surface area contributed by atoms with E-state index in [2.05, 4.69) is 9.73 Å². The molecule has 5 heteroatoms. The van der Waals surface area contributed by atoms with Gasteiger partial charge in [-0.15, -0.1) is 0 Å². The molecule has 0 atom stereocenters. The van der Waals surface area contributed by atoms with Crippen molar-refractivity contribution < 1.29 is 13.5 Å². The minimum Gasteiger partial charge on any atom is -0.433 e. The minimum atomic E-state index is -2.86. The van der Waals surface area contributed by atoms with E-state index in [4.69, 9.17) is 5.73 Å². The van der Waals surface area contributed by atoms with Crippen molar-refractivity contribution in [1.29, 1.82) is 0 Å². The highest BCUT2D eigenvalue weighted by Gasteiger charge is 2.08. The van der Waals surface area contributed by atoms with Crippen LogP contribution in [0.25, 0.3) is 0 Å². The Kier molecular flexibility index (Phi) is 4.69. The number of aliphatic imine (C=N–C) groups is 1. The van der Waals surface area contributed by atoms with E-state index in [1.54, 1.807) is 18.2 Å². The zero-order valence-corrected chi connectivity index (χ0v) is 8.99. The summed E-state index contributed by atoms with van der Waals surface area (Å²) in [4.78, 5) is 4.04. The van der Waals surface area contributed by atoms with E-state index in [9.17, 15) is 8.78 Å². The van der Waals surface area contributed by atoms with Crippen molar-refractivity contribution in [3.63, 3.8) is 0 Å². The third-order valence-corrected chi connectivity index (χ3v) is 1.85. The highest BCUT2D eigenvalue weighted by Crippen LogP contribution is 2.28. The van der Waals surface area contributed by atoms with E-state index in [0.29, 0.717) is 17.9 Å². The number of nitrogens with zero attached hydrogens (tertiary/aromatic N) is 1. The van der Waals surface area contributed by atoms with Crippen molar-refractivity contribution in [2.24, 2.45) is 10.7 Å². The van der Waals surface area contributed by atoms with Crippen LogP contribution < -0.4 is 10.5 Å². The molecule has 1 rings (SSSR count). The van der Waals surface area contributed by atoms with Gasteiger partial charge in [0, 0.05) is 6.42 Å². The second kappa shape index (κ2) is 6.05. The van der Waals surface area contributed by atoms with Crippen LogP contribution in [-0.4, -0.2) is 12.4 Å². The van der Waals surface area contributed by atoms with Crippen LogP contribution in [0.3, 0.4) is 0 Å². The van der Waals surface area contributed by atoms with Gasteiger partial charge in [0.25, 0.3) is 0 Å². The molecule has 16 heavy (non-hydrogen) atoms. The number of alkyl halides is 2. The second-order valence-electron chi connectivity index (χ2n) is 3.20. The van der Waals surface area contributed by atoms with Crippen LogP contribution in [-0.2, 0) is 0 Å². The standard InChI is InChI=1S/C11H14F2N2O/c1-2-5-10(14)15-8-6-3-4-7-9(8)16-11(12)13/h3-4,6-7,11H,2,5H2,1H3,(H2,14,15). The molecule has 0 aliphatic carbocycles. The van der Waals surface area contributed by atoms with Crippen molar-refractivity contribution in [3.8, 4) is 5.75 Å². The average Bonchev–Trinajstić information content (AvgIpc) is 2.20. The first-order chi connectivity index (χ1) is 7.63. The molecule has 0 spiro atoms. The summed E-state index contributed by atoms with van der Waals surface area (Å²) in [7, 11) is 0. The lowest BCUT2D eigenvalue weighted by Gasteiger charge is -2.07. The maximum absolute atomic E-state index is 12.1. The lowest BCUT2D eigenvalue weighted by atomic mass is 10.3. The van der Waals surface area contributed by atoms with Crippen molar-refractivity contribution >= 4 is 11.5 Å². The van der Waals surface area contributed by atoms with Crippen molar-refractivity contribution in [1.82, 2.24) is 0 Å². The maximum Gasteiger partial charge on any atom is 0.387 e. The monoisotopic (exact) mass is 228 g/mol. The van der Waals surface area contributed by atoms with Crippen molar-refractivity contribution in [2.75, 3.05) is 0 Å². The number of ether oxygens (including phenoxy) is 1. The Morgan fingerprint density at radius 2 is 2.12 bits per heavy atom. The quantitative estimate of drug-likeness (QED) is 0.621. The molecule has 0 fully saturated rings. The van der Waals surface area contributed by atoms with E-state index in [1.807, 2.05) is 6.92 Å². The minimum absolute atomic E-state index is 0.0385. The lowest BCUT2D eigenvalue weighted by Crippen LogP contribution is -2.10. The molecule has 0 aliphatic heterocycles. The van der Waals surface area contributed by atoms with E-state index >= 15 is 0 Å². The number of hydrogen-bond acceptors (Lipinski definition) is 2. The SMILES string of the molecule is CCCC(N)=Nc1ccccc1OC(F)F. The Hall–Kier alpha value is -1.65. The second-order valence-corrected chi connectivity index (χ2v) is 3.20. The maximum atomic E-state index is 12.1. The van der Waals surface area contributed by atoms with E-state index in [1.165, 1.54) is 6.07 Å². The molecule has 1 aromatic carbocycles. The first-order valence-electron chi connectivity index (χ1n) is 5.00. The molecular formula is C11H14F2N2O. The molecular weight excluding hydrogens is 214 g/mol. The van der Waals surface area contributed by atoms with E-state index < -0.39 is 6.61 Å². The van der Waals surface area contributed by atoms with Gasteiger partial charge in [-0.05, 0) is 18.6 Å². The van der Waals surface area contributed by atoms with Crippen LogP contribution in [0.1, 0.15) is 19.8 Å². The first kappa shape index (κ1) is 12.4. The predicted octanol–water partition coefficient (Wildman–Crippen LogP) is 3.08. The number of para-hydroxylation sites is 2. The number of benzene rings is 1. The first-order valence-corrected chi connectivity index (χ1v) is 5.00. The van der Waals surface area contributed by atoms with Gasteiger partial charge in [0.2, 0.25) is 0 Å². The zero-order chi connectivity index (χ0) is 12.0. The molecule has 1 aromatic rings. The van der Waals surface area contributed by atoms with Crippen LogP contribution in [0.2, 0.25) is 0 Å². The summed E-state index contributed by atoms with van der Waals surface area (Å²) in [5.41, 5.74) is 5.95. The molecule has 0 aromatic heterocycles. The van der Waals surface area contributed by atoms with E-state index in [-0.39, 0.29) is 5.75 Å². The molecule has 0 bridgehead atoms. The summed E-state index contributed by atoms with van der Waals surface area (Å²) < 4.78 is 28.5. The molecule has 0 amide bonds. The predicted molar refractivity (Wildman–Crippen MR) is 59.3 cm³/mol. The number of halogens is 2. The Morgan fingerprint density at radius 1 is 1.44 bits per heavy atom. The van der Waals surface area contributed by atoms with Crippen LogP contribution in [0.15, 0.2) is 29.3 Å². The Balaban J connectivity index is 2.90. The number of nitrogens with two attached hydrogens (primary N) is 1. The summed E-state index contributed by atoms with van der Waals surface area (Å²) in [5, 5.41) is 0. The largest absolute Gasteiger partial charge is 0.433 e. The molecule has 2 N–H and O–H groups in total.